The Morgan fingerprint density at radius 1 is 1.33 bits per heavy atom. The van der Waals surface area contributed by atoms with E-state index in [9.17, 15) is 13.2 Å². The molecule has 1 aromatic rings. The fourth-order valence-electron chi connectivity index (χ4n) is 2.55. The molecule has 1 unspecified atom stereocenters. The van der Waals surface area contributed by atoms with Gasteiger partial charge < -0.3 is 9.63 Å². The van der Waals surface area contributed by atoms with Crippen LogP contribution in [-0.2, 0) is 6.54 Å². The van der Waals surface area contributed by atoms with Gasteiger partial charge in [-0.3, -0.25) is 4.90 Å². The van der Waals surface area contributed by atoms with E-state index in [-0.39, 0.29) is 12.5 Å². The Hall–Kier alpha value is -1.15. The van der Waals surface area contributed by atoms with Gasteiger partial charge in [0.25, 0.3) is 0 Å². The average molecular weight is 307 g/mol. The van der Waals surface area contributed by atoms with E-state index in [4.69, 9.17) is 9.63 Å². The minimum atomic E-state index is -4.61. The molecule has 0 aliphatic heterocycles. The third-order valence-corrected chi connectivity index (χ3v) is 3.71. The number of aliphatic hydroxyl groups is 1. The highest BCUT2D eigenvalue weighted by Gasteiger charge is 2.38. The van der Waals surface area contributed by atoms with Crippen LogP contribution >= 0.6 is 0 Å². The molecule has 0 bridgehead atoms. The molecular formula is C13H20F3N3O2. The van der Waals surface area contributed by atoms with Crippen LogP contribution in [0.2, 0.25) is 0 Å². The first kappa shape index (κ1) is 16.2. The van der Waals surface area contributed by atoms with Gasteiger partial charge in [0.2, 0.25) is 5.89 Å². The number of nitrogens with zero attached hydrogens (tertiary/aromatic N) is 3. The quantitative estimate of drug-likeness (QED) is 0.905. The Bertz CT molecular complexity index is 444. The van der Waals surface area contributed by atoms with E-state index in [0.29, 0.717) is 11.7 Å². The first-order valence-corrected chi connectivity index (χ1v) is 7.12. The first-order valence-electron chi connectivity index (χ1n) is 7.12. The zero-order chi connectivity index (χ0) is 15.5. The highest BCUT2D eigenvalue weighted by atomic mass is 19.4. The van der Waals surface area contributed by atoms with Crippen molar-refractivity contribution in [3.63, 3.8) is 0 Å². The number of rotatable bonds is 5. The zero-order valence-electron chi connectivity index (χ0n) is 11.9. The number of likely N-dealkylation sites (N-methyl/N-ethyl adjacent to an activating group) is 1. The molecule has 0 spiro atoms. The van der Waals surface area contributed by atoms with Gasteiger partial charge in [0.1, 0.15) is 0 Å². The smallest absolute Gasteiger partial charge is 0.382 e. The van der Waals surface area contributed by atoms with Crippen LogP contribution in [0.25, 0.3) is 0 Å². The topological polar surface area (TPSA) is 62.4 Å². The molecule has 0 aromatic carbocycles. The van der Waals surface area contributed by atoms with Crippen LogP contribution in [0.4, 0.5) is 13.2 Å². The summed E-state index contributed by atoms with van der Waals surface area (Å²) in [5, 5.41) is 12.8. The van der Waals surface area contributed by atoms with Gasteiger partial charge in [-0.25, -0.2) is 0 Å². The van der Waals surface area contributed by atoms with Crippen molar-refractivity contribution in [3.8, 4) is 0 Å². The summed E-state index contributed by atoms with van der Waals surface area (Å²) in [6, 6.07) is 0. The Morgan fingerprint density at radius 2 is 2.00 bits per heavy atom. The first-order chi connectivity index (χ1) is 9.86. The van der Waals surface area contributed by atoms with Crippen LogP contribution in [-0.4, -0.2) is 46.0 Å². The maximum Gasteiger partial charge on any atom is 0.415 e. The molecule has 1 aliphatic carbocycles. The molecule has 1 fully saturated rings. The van der Waals surface area contributed by atoms with Crippen molar-refractivity contribution in [1.82, 2.24) is 15.0 Å². The molecule has 21 heavy (non-hydrogen) atoms. The van der Waals surface area contributed by atoms with E-state index in [1.54, 1.807) is 0 Å². The lowest BCUT2D eigenvalue weighted by Crippen LogP contribution is -2.39. The predicted molar refractivity (Wildman–Crippen MR) is 68.5 cm³/mol. The molecule has 1 aromatic heterocycles. The van der Waals surface area contributed by atoms with Crippen LogP contribution < -0.4 is 0 Å². The molecule has 2 rings (SSSR count). The van der Waals surface area contributed by atoms with Crippen molar-refractivity contribution in [1.29, 1.82) is 0 Å². The van der Waals surface area contributed by atoms with Gasteiger partial charge in [-0.15, -0.1) is 0 Å². The lowest BCUT2D eigenvalue weighted by Gasteiger charge is -2.20. The van der Waals surface area contributed by atoms with E-state index in [2.05, 4.69) is 10.1 Å². The zero-order valence-corrected chi connectivity index (χ0v) is 11.9. The molecule has 1 N–H and O–H groups in total. The number of alkyl halides is 3. The molecule has 0 saturated heterocycles. The van der Waals surface area contributed by atoms with Crippen molar-refractivity contribution in [2.24, 2.45) is 0 Å². The highest BCUT2D eigenvalue weighted by molar-refractivity contribution is 4.95. The van der Waals surface area contributed by atoms with Gasteiger partial charge in [0.05, 0.1) is 6.54 Å². The van der Waals surface area contributed by atoms with E-state index >= 15 is 0 Å². The summed E-state index contributed by atoms with van der Waals surface area (Å²) in [5.41, 5.74) is 0. The van der Waals surface area contributed by atoms with Crippen LogP contribution in [0.1, 0.15) is 49.7 Å². The summed E-state index contributed by atoms with van der Waals surface area (Å²) in [7, 11) is 1.48. The number of aliphatic hydroxyl groups excluding tert-OH is 1. The SMILES string of the molecule is CN(Cc1noc(C2CCCCC2)n1)CC(O)C(F)(F)F. The van der Waals surface area contributed by atoms with Crippen LogP contribution in [0.15, 0.2) is 4.52 Å². The number of aromatic nitrogens is 2. The third-order valence-electron chi connectivity index (χ3n) is 3.71. The summed E-state index contributed by atoms with van der Waals surface area (Å²) in [6.07, 6.45) is -1.45. The minimum Gasteiger partial charge on any atom is -0.382 e. The van der Waals surface area contributed by atoms with Crippen LogP contribution in [0.5, 0.6) is 0 Å². The average Bonchev–Trinajstić information content (AvgIpc) is 2.87. The second kappa shape index (κ2) is 6.74. The fourth-order valence-corrected chi connectivity index (χ4v) is 2.55. The number of hydrogen-bond acceptors (Lipinski definition) is 5. The Labute approximate surface area is 121 Å². The monoisotopic (exact) mass is 307 g/mol. The normalized spacial score (nSPS) is 19.1. The van der Waals surface area contributed by atoms with Gasteiger partial charge in [-0.2, -0.15) is 18.2 Å². The second-order valence-corrected chi connectivity index (χ2v) is 5.64. The molecular weight excluding hydrogens is 287 g/mol. The van der Waals surface area contributed by atoms with Gasteiger partial charge in [-0.05, 0) is 19.9 Å². The summed E-state index contributed by atoms with van der Waals surface area (Å²) < 4.78 is 42.0. The fraction of sp³-hybridized carbons (Fsp3) is 0.846. The van der Waals surface area contributed by atoms with E-state index in [1.807, 2.05) is 0 Å². The molecule has 1 aliphatic rings. The standard InChI is InChI=1S/C13H20F3N3O2/c1-19(7-10(20)13(14,15)16)8-11-17-12(21-18-11)9-5-3-2-4-6-9/h9-10,20H,2-8H2,1H3. The summed E-state index contributed by atoms with van der Waals surface area (Å²) in [4.78, 5) is 5.59. The Balaban J connectivity index is 1.87. The molecule has 0 radical (unpaired) electrons. The molecule has 8 heteroatoms. The predicted octanol–water partition coefficient (Wildman–Crippen LogP) is 2.47. The van der Waals surface area contributed by atoms with Gasteiger partial charge in [0.15, 0.2) is 11.9 Å². The van der Waals surface area contributed by atoms with Gasteiger partial charge in [0, 0.05) is 12.5 Å². The molecule has 120 valence electrons. The van der Waals surface area contributed by atoms with Crippen LogP contribution in [0.3, 0.4) is 0 Å². The molecule has 5 nitrogen and oxygen atoms in total. The lowest BCUT2D eigenvalue weighted by molar-refractivity contribution is -0.207. The summed E-state index contributed by atoms with van der Waals surface area (Å²) in [6.45, 7) is -0.403. The summed E-state index contributed by atoms with van der Waals surface area (Å²) in [5.74, 6) is 1.20. The van der Waals surface area contributed by atoms with E-state index in [0.717, 1.165) is 25.7 Å². The van der Waals surface area contributed by atoms with E-state index < -0.39 is 18.8 Å². The molecule has 0 amide bonds. The molecule has 1 heterocycles. The number of hydrogen-bond donors (Lipinski definition) is 1. The number of halogens is 3. The molecule has 1 saturated carbocycles. The van der Waals surface area contributed by atoms with Crippen molar-refractivity contribution in [2.45, 2.75) is 56.8 Å². The third kappa shape index (κ3) is 4.67. The maximum atomic E-state index is 12.3. The largest absolute Gasteiger partial charge is 0.415 e. The Morgan fingerprint density at radius 3 is 2.62 bits per heavy atom. The highest BCUT2D eigenvalue weighted by Crippen LogP contribution is 2.31. The van der Waals surface area contributed by atoms with Gasteiger partial charge in [-0.1, -0.05) is 24.4 Å². The summed E-state index contributed by atoms with van der Waals surface area (Å²) >= 11 is 0. The molecule has 1 atom stereocenters. The van der Waals surface area contributed by atoms with Crippen molar-refractivity contribution in [3.05, 3.63) is 11.7 Å². The second-order valence-electron chi connectivity index (χ2n) is 5.64. The lowest BCUT2D eigenvalue weighted by atomic mass is 9.89. The van der Waals surface area contributed by atoms with Crippen LogP contribution in [0, 0.1) is 0 Å². The minimum absolute atomic E-state index is 0.114. The van der Waals surface area contributed by atoms with Crippen molar-refractivity contribution >= 4 is 0 Å². The maximum absolute atomic E-state index is 12.3. The van der Waals surface area contributed by atoms with Crippen molar-refractivity contribution in [2.75, 3.05) is 13.6 Å². The van der Waals surface area contributed by atoms with Gasteiger partial charge >= 0.3 is 6.18 Å². The van der Waals surface area contributed by atoms with Crippen molar-refractivity contribution < 1.29 is 22.8 Å². The Kier molecular flexibility index (Phi) is 5.21. The van der Waals surface area contributed by atoms with E-state index in [1.165, 1.54) is 18.4 Å².